The first-order valence-corrected chi connectivity index (χ1v) is 12.3. The molecule has 0 aliphatic heterocycles. The van der Waals surface area contributed by atoms with Crippen LogP contribution in [0.2, 0.25) is 5.02 Å². The number of ether oxygens (including phenoxy) is 1. The summed E-state index contributed by atoms with van der Waals surface area (Å²) in [5.74, 6) is 1.47. The van der Waals surface area contributed by atoms with Gasteiger partial charge in [-0.25, -0.2) is 0 Å². The van der Waals surface area contributed by atoms with Gasteiger partial charge in [-0.1, -0.05) is 66.2 Å². The first-order valence-electron chi connectivity index (χ1n) is 10.9. The van der Waals surface area contributed by atoms with Crippen molar-refractivity contribution in [3.8, 4) is 11.4 Å². The molecule has 0 bridgehead atoms. The highest BCUT2D eigenvalue weighted by atomic mass is 35.5. The predicted molar refractivity (Wildman–Crippen MR) is 137 cm³/mol. The van der Waals surface area contributed by atoms with Gasteiger partial charge >= 0.3 is 0 Å². The average molecular weight is 493 g/mol. The summed E-state index contributed by atoms with van der Waals surface area (Å²) in [5, 5.41) is 12.9. The molecule has 34 heavy (non-hydrogen) atoms. The number of rotatable bonds is 9. The quantitative estimate of drug-likeness (QED) is 0.286. The number of carbonyl (C=O) groups excluding carboxylic acids is 1. The van der Waals surface area contributed by atoms with E-state index < -0.39 is 0 Å². The fourth-order valence-corrected chi connectivity index (χ4v) is 4.28. The molecule has 0 spiro atoms. The number of nitrogens with one attached hydrogen (secondary N) is 1. The van der Waals surface area contributed by atoms with Crippen LogP contribution < -0.4 is 10.1 Å². The van der Waals surface area contributed by atoms with Crippen molar-refractivity contribution in [2.45, 2.75) is 32.0 Å². The van der Waals surface area contributed by atoms with E-state index in [2.05, 4.69) is 22.4 Å². The fraction of sp³-hybridized carbons (Fsp3) is 0.192. The molecule has 1 N–H and O–H groups in total. The number of hydrogen-bond donors (Lipinski definition) is 1. The van der Waals surface area contributed by atoms with Gasteiger partial charge in [-0.2, -0.15) is 0 Å². The van der Waals surface area contributed by atoms with E-state index in [1.165, 1.54) is 11.8 Å². The molecule has 1 amide bonds. The monoisotopic (exact) mass is 492 g/mol. The molecule has 1 heterocycles. The number of aryl methyl sites for hydroxylation is 2. The maximum Gasteiger partial charge on any atom is 0.234 e. The number of benzene rings is 3. The van der Waals surface area contributed by atoms with Crippen LogP contribution in [0, 0.1) is 6.92 Å². The number of carbonyl (C=O) groups is 1. The third-order valence-corrected chi connectivity index (χ3v) is 6.36. The molecular formula is C26H25ClN4O2S. The van der Waals surface area contributed by atoms with Gasteiger partial charge in [0.2, 0.25) is 5.91 Å². The fourth-order valence-electron chi connectivity index (χ4n) is 3.39. The van der Waals surface area contributed by atoms with Crippen molar-refractivity contribution in [1.82, 2.24) is 14.8 Å². The minimum Gasteiger partial charge on any atom is -0.486 e. The van der Waals surface area contributed by atoms with Crippen LogP contribution in [0.5, 0.6) is 5.75 Å². The molecule has 8 heteroatoms. The Morgan fingerprint density at radius 3 is 2.50 bits per heavy atom. The van der Waals surface area contributed by atoms with Crippen molar-refractivity contribution in [1.29, 1.82) is 0 Å². The second-order valence-electron chi connectivity index (χ2n) is 7.66. The number of nitrogens with zero attached hydrogens (tertiary/aromatic N) is 3. The Morgan fingerprint density at radius 1 is 1.03 bits per heavy atom. The van der Waals surface area contributed by atoms with E-state index in [9.17, 15) is 4.79 Å². The Kier molecular flexibility index (Phi) is 7.87. The van der Waals surface area contributed by atoms with Crippen LogP contribution in [0.4, 0.5) is 5.69 Å². The smallest absolute Gasteiger partial charge is 0.234 e. The van der Waals surface area contributed by atoms with Crippen molar-refractivity contribution < 1.29 is 9.53 Å². The molecule has 0 radical (unpaired) electrons. The number of hydrogen-bond acceptors (Lipinski definition) is 5. The largest absolute Gasteiger partial charge is 0.486 e. The molecule has 0 atom stereocenters. The molecule has 0 saturated carbocycles. The molecule has 174 valence electrons. The molecule has 0 fully saturated rings. The Balaban J connectivity index is 1.51. The van der Waals surface area contributed by atoms with Gasteiger partial charge in [0.15, 0.2) is 11.0 Å². The second-order valence-corrected chi connectivity index (χ2v) is 9.04. The van der Waals surface area contributed by atoms with Crippen molar-refractivity contribution in [2.75, 3.05) is 11.1 Å². The van der Waals surface area contributed by atoms with Crippen LogP contribution >= 0.6 is 23.4 Å². The van der Waals surface area contributed by atoms with Gasteiger partial charge in [0, 0.05) is 16.4 Å². The summed E-state index contributed by atoms with van der Waals surface area (Å²) in [4.78, 5) is 12.7. The summed E-state index contributed by atoms with van der Waals surface area (Å²) in [6, 6.07) is 23.1. The van der Waals surface area contributed by atoms with E-state index in [0.29, 0.717) is 16.0 Å². The first kappa shape index (κ1) is 23.9. The molecule has 6 nitrogen and oxygen atoms in total. The van der Waals surface area contributed by atoms with Crippen LogP contribution in [-0.2, 0) is 17.8 Å². The minimum atomic E-state index is -0.103. The Bertz CT molecular complexity index is 1260. The van der Waals surface area contributed by atoms with Crippen LogP contribution in [-0.4, -0.2) is 26.4 Å². The second kappa shape index (κ2) is 11.2. The molecular weight excluding hydrogens is 468 g/mol. The number of thioether (sulfide) groups is 1. The highest BCUT2D eigenvalue weighted by Gasteiger charge is 2.17. The van der Waals surface area contributed by atoms with Crippen LogP contribution in [0.25, 0.3) is 5.69 Å². The van der Waals surface area contributed by atoms with Gasteiger partial charge in [0.25, 0.3) is 0 Å². The topological polar surface area (TPSA) is 69.0 Å². The van der Waals surface area contributed by atoms with E-state index in [1.807, 2.05) is 84.3 Å². The Hall–Kier alpha value is -3.29. The van der Waals surface area contributed by atoms with Crippen molar-refractivity contribution >= 4 is 35.0 Å². The Morgan fingerprint density at radius 2 is 1.76 bits per heavy atom. The van der Waals surface area contributed by atoms with Gasteiger partial charge < -0.3 is 10.1 Å². The third kappa shape index (κ3) is 5.98. The molecule has 0 aliphatic rings. The van der Waals surface area contributed by atoms with Gasteiger partial charge in [-0.15, -0.1) is 10.2 Å². The van der Waals surface area contributed by atoms with Crippen LogP contribution in [0.1, 0.15) is 23.9 Å². The highest BCUT2D eigenvalue weighted by molar-refractivity contribution is 7.99. The lowest BCUT2D eigenvalue weighted by Gasteiger charge is -2.12. The van der Waals surface area contributed by atoms with E-state index >= 15 is 0 Å². The lowest BCUT2D eigenvalue weighted by Crippen LogP contribution is -2.16. The van der Waals surface area contributed by atoms with E-state index in [0.717, 1.165) is 34.7 Å². The number of halogens is 1. The molecule has 1 aromatic heterocycles. The van der Waals surface area contributed by atoms with E-state index in [4.69, 9.17) is 16.3 Å². The van der Waals surface area contributed by atoms with Crippen LogP contribution in [0.3, 0.4) is 0 Å². The first-order chi connectivity index (χ1) is 16.5. The zero-order valence-corrected chi connectivity index (χ0v) is 20.6. The summed E-state index contributed by atoms with van der Waals surface area (Å²) in [7, 11) is 0. The average Bonchev–Trinajstić information content (AvgIpc) is 3.26. The van der Waals surface area contributed by atoms with Crippen molar-refractivity contribution in [3.05, 3.63) is 94.8 Å². The van der Waals surface area contributed by atoms with E-state index in [1.54, 1.807) is 0 Å². The van der Waals surface area contributed by atoms with Gasteiger partial charge in [-0.3, -0.25) is 9.36 Å². The number of anilines is 1. The van der Waals surface area contributed by atoms with Crippen LogP contribution in [0.15, 0.2) is 78.0 Å². The molecule has 0 unspecified atom stereocenters. The maximum absolute atomic E-state index is 12.7. The van der Waals surface area contributed by atoms with Gasteiger partial charge in [0.05, 0.1) is 5.75 Å². The maximum atomic E-state index is 12.7. The highest BCUT2D eigenvalue weighted by Crippen LogP contribution is 2.25. The molecule has 3 aromatic carbocycles. The lowest BCUT2D eigenvalue weighted by molar-refractivity contribution is -0.113. The number of amides is 1. The summed E-state index contributed by atoms with van der Waals surface area (Å²) < 4.78 is 7.83. The summed E-state index contributed by atoms with van der Waals surface area (Å²) in [6.07, 6.45) is 0.846. The molecule has 4 aromatic rings. The summed E-state index contributed by atoms with van der Waals surface area (Å²) >= 11 is 7.41. The van der Waals surface area contributed by atoms with Crippen molar-refractivity contribution in [2.24, 2.45) is 0 Å². The van der Waals surface area contributed by atoms with E-state index in [-0.39, 0.29) is 18.3 Å². The summed E-state index contributed by atoms with van der Waals surface area (Å²) in [6.45, 7) is 4.32. The zero-order valence-electron chi connectivity index (χ0n) is 19.0. The zero-order chi connectivity index (χ0) is 23.9. The molecule has 4 rings (SSSR count). The number of para-hydroxylation sites is 1. The lowest BCUT2D eigenvalue weighted by atomic mass is 10.1. The van der Waals surface area contributed by atoms with Gasteiger partial charge in [0.1, 0.15) is 12.4 Å². The number of aromatic nitrogens is 3. The predicted octanol–water partition coefficient (Wildman–Crippen LogP) is 6.10. The standard InChI is InChI=1S/C26H25ClN4O2S/c1-3-19-6-4-5-7-23(19)28-25(32)17-34-26-30-29-24(16-33-22-14-8-18(2)9-15-22)31(26)21-12-10-20(27)11-13-21/h4-15H,3,16-17H2,1-2H3,(H,28,32). The Labute approximate surface area is 208 Å². The van der Waals surface area contributed by atoms with Gasteiger partial charge in [-0.05, 0) is 61.4 Å². The SMILES string of the molecule is CCc1ccccc1NC(=O)CSc1nnc(COc2ccc(C)cc2)n1-c1ccc(Cl)cc1. The molecule has 0 aliphatic carbocycles. The minimum absolute atomic E-state index is 0.103. The summed E-state index contributed by atoms with van der Waals surface area (Å²) in [5.41, 5.74) is 3.94. The van der Waals surface area contributed by atoms with Crippen molar-refractivity contribution in [3.63, 3.8) is 0 Å². The molecule has 0 saturated heterocycles. The third-order valence-electron chi connectivity index (χ3n) is 5.18. The normalized spacial score (nSPS) is 10.8.